The minimum Gasteiger partial charge on any atom is -0.350 e. The first kappa shape index (κ1) is 13.2. The summed E-state index contributed by atoms with van der Waals surface area (Å²) in [7, 11) is 0. The zero-order chi connectivity index (χ0) is 13.7. The lowest BCUT2D eigenvalue weighted by Crippen LogP contribution is -2.25. The Kier molecular flexibility index (Phi) is 4.23. The standard InChI is InChI=1S/C15H17N3O/c1-11-4-3-5-13(8-11)9-15(19)16-10-14-7-6-12(2)17-18-14/h3-8H,9-10H2,1-2H3,(H,16,19). The second-order valence-corrected chi connectivity index (χ2v) is 4.61. The maximum absolute atomic E-state index is 11.8. The lowest BCUT2D eigenvalue weighted by atomic mass is 10.1. The van der Waals surface area contributed by atoms with Crippen LogP contribution in [0.1, 0.15) is 22.5 Å². The molecule has 0 unspecified atom stereocenters. The van der Waals surface area contributed by atoms with Crippen LogP contribution in [-0.2, 0) is 17.8 Å². The first-order valence-electron chi connectivity index (χ1n) is 6.25. The summed E-state index contributed by atoms with van der Waals surface area (Å²) in [5, 5.41) is 10.8. The number of nitrogens with zero attached hydrogens (tertiary/aromatic N) is 2. The molecule has 0 bridgehead atoms. The number of hydrogen-bond donors (Lipinski definition) is 1. The summed E-state index contributed by atoms with van der Waals surface area (Å²) in [6.45, 7) is 4.31. The molecule has 1 N–H and O–H groups in total. The van der Waals surface area contributed by atoms with Gasteiger partial charge in [0.1, 0.15) is 0 Å². The van der Waals surface area contributed by atoms with Gasteiger partial charge in [0.25, 0.3) is 0 Å². The molecule has 0 aliphatic rings. The van der Waals surface area contributed by atoms with Crippen LogP contribution in [0.4, 0.5) is 0 Å². The Morgan fingerprint density at radius 1 is 1.16 bits per heavy atom. The molecule has 1 heterocycles. The van der Waals surface area contributed by atoms with Crippen molar-refractivity contribution < 1.29 is 4.79 Å². The predicted molar refractivity (Wildman–Crippen MR) is 73.5 cm³/mol. The molecule has 19 heavy (non-hydrogen) atoms. The highest BCUT2D eigenvalue weighted by atomic mass is 16.1. The van der Waals surface area contributed by atoms with Crippen molar-refractivity contribution >= 4 is 5.91 Å². The average Bonchev–Trinajstić information content (AvgIpc) is 2.38. The fourth-order valence-corrected chi connectivity index (χ4v) is 1.78. The van der Waals surface area contributed by atoms with Gasteiger partial charge in [-0.05, 0) is 31.5 Å². The largest absolute Gasteiger partial charge is 0.350 e. The molecular weight excluding hydrogens is 238 g/mol. The first-order chi connectivity index (χ1) is 9.13. The zero-order valence-electron chi connectivity index (χ0n) is 11.2. The van der Waals surface area contributed by atoms with E-state index in [1.165, 1.54) is 0 Å². The molecule has 0 spiro atoms. The van der Waals surface area contributed by atoms with Crippen molar-refractivity contribution in [3.8, 4) is 0 Å². The van der Waals surface area contributed by atoms with Crippen LogP contribution in [0.25, 0.3) is 0 Å². The van der Waals surface area contributed by atoms with Crippen LogP contribution >= 0.6 is 0 Å². The topological polar surface area (TPSA) is 54.9 Å². The van der Waals surface area contributed by atoms with Crippen molar-refractivity contribution in [1.29, 1.82) is 0 Å². The molecule has 0 saturated heterocycles. The van der Waals surface area contributed by atoms with E-state index in [0.29, 0.717) is 13.0 Å². The first-order valence-corrected chi connectivity index (χ1v) is 6.25. The Hall–Kier alpha value is -2.23. The number of benzene rings is 1. The molecule has 98 valence electrons. The highest BCUT2D eigenvalue weighted by Crippen LogP contribution is 2.04. The lowest BCUT2D eigenvalue weighted by Gasteiger charge is -2.05. The van der Waals surface area contributed by atoms with E-state index in [4.69, 9.17) is 0 Å². The van der Waals surface area contributed by atoms with Crippen LogP contribution in [0.2, 0.25) is 0 Å². The van der Waals surface area contributed by atoms with Gasteiger partial charge < -0.3 is 5.32 Å². The van der Waals surface area contributed by atoms with Gasteiger partial charge in [-0.2, -0.15) is 10.2 Å². The Morgan fingerprint density at radius 3 is 2.68 bits per heavy atom. The van der Waals surface area contributed by atoms with Gasteiger partial charge in [0.05, 0.1) is 24.4 Å². The maximum Gasteiger partial charge on any atom is 0.224 e. The van der Waals surface area contributed by atoms with Crippen molar-refractivity contribution in [3.05, 3.63) is 58.9 Å². The predicted octanol–water partition coefficient (Wildman–Crippen LogP) is 1.95. The van der Waals surface area contributed by atoms with Gasteiger partial charge in [-0.25, -0.2) is 0 Å². The Labute approximate surface area is 112 Å². The highest BCUT2D eigenvalue weighted by molar-refractivity contribution is 5.78. The van der Waals surface area contributed by atoms with Gasteiger partial charge in [0, 0.05) is 0 Å². The molecular formula is C15H17N3O. The summed E-state index contributed by atoms with van der Waals surface area (Å²) in [6.07, 6.45) is 0.390. The quantitative estimate of drug-likeness (QED) is 0.908. The number of carbonyl (C=O) groups excluding carboxylic acids is 1. The third-order valence-corrected chi connectivity index (χ3v) is 2.77. The van der Waals surface area contributed by atoms with E-state index < -0.39 is 0 Å². The van der Waals surface area contributed by atoms with Crippen LogP contribution in [0.15, 0.2) is 36.4 Å². The van der Waals surface area contributed by atoms with Crippen LogP contribution in [0.3, 0.4) is 0 Å². The number of aryl methyl sites for hydroxylation is 2. The average molecular weight is 255 g/mol. The summed E-state index contributed by atoms with van der Waals surface area (Å²) in [6, 6.07) is 11.7. The number of aromatic nitrogens is 2. The van der Waals surface area contributed by atoms with E-state index in [1.807, 2.05) is 50.2 Å². The third kappa shape index (κ3) is 4.17. The fourth-order valence-electron chi connectivity index (χ4n) is 1.78. The SMILES string of the molecule is Cc1cccc(CC(=O)NCc2ccc(C)nn2)c1. The molecule has 0 atom stereocenters. The van der Waals surface area contributed by atoms with Crippen molar-refractivity contribution in [2.45, 2.75) is 26.8 Å². The summed E-state index contributed by atoms with van der Waals surface area (Å²) < 4.78 is 0. The van der Waals surface area contributed by atoms with Gasteiger partial charge >= 0.3 is 0 Å². The molecule has 4 nitrogen and oxygen atoms in total. The third-order valence-electron chi connectivity index (χ3n) is 2.77. The molecule has 4 heteroatoms. The Bertz CT molecular complexity index is 564. The van der Waals surface area contributed by atoms with Crippen molar-refractivity contribution in [2.24, 2.45) is 0 Å². The molecule has 0 radical (unpaired) electrons. The molecule has 0 saturated carbocycles. The Balaban J connectivity index is 1.86. The van der Waals surface area contributed by atoms with Gasteiger partial charge in [0.2, 0.25) is 5.91 Å². The van der Waals surface area contributed by atoms with Gasteiger partial charge in [-0.15, -0.1) is 0 Å². The maximum atomic E-state index is 11.8. The van der Waals surface area contributed by atoms with E-state index in [9.17, 15) is 4.79 Å². The van der Waals surface area contributed by atoms with Gasteiger partial charge in [-0.3, -0.25) is 4.79 Å². The van der Waals surface area contributed by atoms with E-state index in [0.717, 1.165) is 22.5 Å². The van der Waals surface area contributed by atoms with E-state index in [2.05, 4.69) is 15.5 Å². The minimum absolute atomic E-state index is 0.00650. The molecule has 1 amide bonds. The summed E-state index contributed by atoms with van der Waals surface area (Å²) >= 11 is 0. The van der Waals surface area contributed by atoms with E-state index >= 15 is 0 Å². The smallest absolute Gasteiger partial charge is 0.224 e. The number of carbonyl (C=O) groups is 1. The zero-order valence-corrected chi connectivity index (χ0v) is 11.2. The van der Waals surface area contributed by atoms with Crippen LogP contribution in [0.5, 0.6) is 0 Å². The van der Waals surface area contributed by atoms with Crippen molar-refractivity contribution in [3.63, 3.8) is 0 Å². The summed E-state index contributed by atoms with van der Waals surface area (Å²) in [5.41, 5.74) is 3.82. The van der Waals surface area contributed by atoms with Crippen LogP contribution < -0.4 is 5.32 Å². The monoisotopic (exact) mass is 255 g/mol. The summed E-state index contributed by atoms with van der Waals surface area (Å²) in [4.78, 5) is 11.8. The second kappa shape index (κ2) is 6.09. The van der Waals surface area contributed by atoms with E-state index in [-0.39, 0.29) is 5.91 Å². The normalized spacial score (nSPS) is 10.2. The molecule has 0 fully saturated rings. The number of hydrogen-bond acceptors (Lipinski definition) is 3. The molecule has 1 aromatic carbocycles. The molecule has 1 aromatic heterocycles. The highest BCUT2D eigenvalue weighted by Gasteiger charge is 2.04. The fraction of sp³-hybridized carbons (Fsp3) is 0.267. The summed E-state index contributed by atoms with van der Waals surface area (Å²) in [5.74, 6) is -0.00650. The van der Waals surface area contributed by atoms with Crippen LogP contribution in [-0.4, -0.2) is 16.1 Å². The molecule has 2 rings (SSSR count). The van der Waals surface area contributed by atoms with Crippen molar-refractivity contribution in [1.82, 2.24) is 15.5 Å². The number of nitrogens with one attached hydrogen (secondary N) is 1. The number of amides is 1. The van der Waals surface area contributed by atoms with Gasteiger partial charge in [0.15, 0.2) is 0 Å². The second-order valence-electron chi connectivity index (χ2n) is 4.61. The van der Waals surface area contributed by atoms with E-state index in [1.54, 1.807) is 0 Å². The van der Waals surface area contributed by atoms with Crippen LogP contribution in [0, 0.1) is 13.8 Å². The lowest BCUT2D eigenvalue weighted by molar-refractivity contribution is -0.120. The molecule has 2 aromatic rings. The number of rotatable bonds is 4. The molecule has 0 aliphatic carbocycles. The molecule has 0 aliphatic heterocycles. The Morgan fingerprint density at radius 2 is 2.00 bits per heavy atom. The van der Waals surface area contributed by atoms with Gasteiger partial charge in [-0.1, -0.05) is 29.8 Å². The minimum atomic E-state index is -0.00650. The van der Waals surface area contributed by atoms with Crippen molar-refractivity contribution in [2.75, 3.05) is 0 Å².